The van der Waals surface area contributed by atoms with E-state index in [2.05, 4.69) is 4.74 Å². The predicted octanol–water partition coefficient (Wildman–Crippen LogP) is 2.31. The molecule has 19 heavy (non-hydrogen) atoms. The first-order valence-electron chi connectivity index (χ1n) is 5.08. The minimum Gasteiger partial charge on any atom is -0.493 e. The predicted molar refractivity (Wildman–Crippen MR) is 57.5 cm³/mol. The van der Waals surface area contributed by atoms with Crippen molar-refractivity contribution in [2.75, 3.05) is 20.3 Å². The Kier molecular flexibility index (Phi) is 4.99. The van der Waals surface area contributed by atoms with Crippen molar-refractivity contribution < 1.29 is 37.3 Å². The van der Waals surface area contributed by atoms with Crippen molar-refractivity contribution in [2.45, 2.75) is 6.36 Å². The summed E-state index contributed by atoms with van der Waals surface area (Å²) in [6.07, 6.45) is -4.71. The second kappa shape index (κ2) is 6.28. The molecule has 0 saturated heterocycles. The average Bonchev–Trinajstić information content (AvgIpc) is 2.33. The molecule has 0 heterocycles. The number of carbonyl (C=O) groups is 1. The fraction of sp³-hybridized carbons (Fsp3) is 0.364. The summed E-state index contributed by atoms with van der Waals surface area (Å²) in [5.74, 6) is -0.893. The number of ether oxygens (including phenoxy) is 3. The van der Waals surface area contributed by atoms with Crippen LogP contribution in [0.5, 0.6) is 11.5 Å². The molecule has 106 valence electrons. The number of aromatic carboxylic acids is 1. The van der Waals surface area contributed by atoms with Gasteiger partial charge in [-0.05, 0) is 18.2 Å². The summed E-state index contributed by atoms with van der Waals surface area (Å²) in [6.45, 7) is -1.02. The van der Waals surface area contributed by atoms with Gasteiger partial charge in [0, 0.05) is 0 Å². The van der Waals surface area contributed by atoms with Gasteiger partial charge in [0.25, 0.3) is 0 Å². The first-order chi connectivity index (χ1) is 8.83. The van der Waals surface area contributed by atoms with Gasteiger partial charge in [-0.2, -0.15) is 0 Å². The molecule has 0 aliphatic rings. The normalized spacial score (nSPS) is 11.2. The topological polar surface area (TPSA) is 65.0 Å². The van der Waals surface area contributed by atoms with Crippen molar-refractivity contribution >= 4 is 5.97 Å². The molecule has 0 saturated carbocycles. The summed E-state index contributed by atoms with van der Waals surface area (Å²) in [5, 5.41) is 8.76. The molecule has 0 bridgehead atoms. The lowest BCUT2D eigenvalue weighted by Gasteiger charge is -2.12. The summed E-state index contributed by atoms with van der Waals surface area (Å²) >= 11 is 0. The third-order valence-corrected chi connectivity index (χ3v) is 2.02. The van der Waals surface area contributed by atoms with Gasteiger partial charge in [0.1, 0.15) is 6.61 Å². The lowest BCUT2D eigenvalue weighted by molar-refractivity contribution is -0.325. The SMILES string of the molecule is COc1cc(C(=O)O)ccc1OCCOC(F)(F)F. The maximum Gasteiger partial charge on any atom is 0.522 e. The highest BCUT2D eigenvalue weighted by Gasteiger charge is 2.28. The van der Waals surface area contributed by atoms with E-state index in [0.29, 0.717) is 0 Å². The number of carboxylic acids is 1. The monoisotopic (exact) mass is 280 g/mol. The molecule has 5 nitrogen and oxygen atoms in total. The molecular weight excluding hydrogens is 269 g/mol. The Balaban J connectivity index is 2.61. The molecule has 0 aromatic heterocycles. The summed E-state index contributed by atoms with van der Waals surface area (Å²) in [4.78, 5) is 10.7. The van der Waals surface area contributed by atoms with E-state index < -0.39 is 18.9 Å². The lowest BCUT2D eigenvalue weighted by atomic mass is 10.2. The summed E-state index contributed by atoms with van der Waals surface area (Å²) in [5.41, 5.74) is -0.0178. The van der Waals surface area contributed by atoms with E-state index in [-0.39, 0.29) is 23.7 Å². The van der Waals surface area contributed by atoms with Crippen LogP contribution in [0.15, 0.2) is 18.2 Å². The van der Waals surface area contributed by atoms with Gasteiger partial charge >= 0.3 is 12.3 Å². The molecule has 1 rings (SSSR count). The van der Waals surface area contributed by atoms with Crippen molar-refractivity contribution in [3.63, 3.8) is 0 Å². The van der Waals surface area contributed by atoms with Crippen LogP contribution in [0.1, 0.15) is 10.4 Å². The third-order valence-electron chi connectivity index (χ3n) is 2.02. The van der Waals surface area contributed by atoms with Crippen molar-refractivity contribution in [3.05, 3.63) is 23.8 Å². The molecule has 1 aromatic rings. The standard InChI is InChI=1S/C11H11F3O5/c1-17-9-6-7(10(15)16)2-3-8(9)18-4-5-19-11(12,13)14/h2-3,6H,4-5H2,1H3,(H,15,16). The van der Waals surface area contributed by atoms with Crippen LogP contribution in [0.25, 0.3) is 0 Å². The first kappa shape index (κ1) is 15.1. The van der Waals surface area contributed by atoms with E-state index in [9.17, 15) is 18.0 Å². The van der Waals surface area contributed by atoms with Crippen LogP contribution < -0.4 is 9.47 Å². The highest BCUT2D eigenvalue weighted by molar-refractivity contribution is 5.88. The molecule has 0 aliphatic heterocycles. The Morgan fingerprint density at radius 2 is 1.95 bits per heavy atom. The number of halogens is 3. The van der Waals surface area contributed by atoms with E-state index in [4.69, 9.17) is 14.6 Å². The van der Waals surface area contributed by atoms with Crippen LogP contribution in [0, 0.1) is 0 Å². The number of carboxylic acid groups (broad SMARTS) is 1. The van der Waals surface area contributed by atoms with Gasteiger partial charge in [-0.25, -0.2) is 4.79 Å². The highest BCUT2D eigenvalue weighted by Crippen LogP contribution is 2.28. The number of benzene rings is 1. The fourth-order valence-electron chi connectivity index (χ4n) is 1.23. The summed E-state index contributed by atoms with van der Waals surface area (Å²) in [7, 11) is 1.29. The van der Waals surface area contributed by atoms with Gasteiger partial charge in [0.05, 0.1) is 19.3 Å². The van der Waals surface area contributed by atoms with Gasteiger partial charge in [0.15, 0.2) is 11.5 Å². The molecule has 0 amide bonds. The quantitative estimate of drug-likeness (QED) is 0.810. The lowest BCUT2D eigenvalue weighted by Crippen LogP contribution is -2.18. The minimum absolute atomic E-state index is 0.0178. The van der Waals surface area contributed by atoms with Crippen LogP contribution in [0.4, 0.5) is 13.2 Å². The smallest absolute Gasteiger partial charge is 0.493 e. The van der Waals surface area contributed by atoms with E-state index in [0.717, 1.165) is 0 Å². The number of hydrogen-bond acceptors (Lipinski definition) is 4. The maximum atomic E-state index is 11.7. The number of hydrogen-bond donors (Lipinski definition) is 1. The minimum atomic E-state index is -4.71. The second-order valence-corrected chi connectivity index (χ2v) is 3.31. The first-order valence-corrected chi connectivity index (χ1v) is 5.08. The molecule has 0 aliphatic carbocycles. The van der Waals surface area contributed by atoms with E-state index in [1.54, 1.807) is 0 Å². The van der Waals surface area contributed by atoms with E-state index in [1.165, 1.54) is 25.3 Å². The van der Waals surface area contributed by atoms with Crippen LogP contribution in [-0.4, -0.2) is 37.8 Å². The molecule has 0 spiro atoms. The molecule has 1 aromatic carbocycles. The van der Waals surface area contributed by atoms with Crippen LogP contribution in [-0.2, 0) is 4.74 Å². The Morgan fingerprint density at radius 3 is 2.47 bits per heavy atom. The molecule has 0 atom stereocenters. The second-order valence-electron chi connectivity index (χ2n) is 3.31. The van der Waals surface area contributed by atoms with Gasteiger partial charge in [0.2, 0.25) is 0 Å². The number of rotatable bonds is 6. The van der Waals surface area contributed by atoms with Crippen molar-refractivity contribution in [1.82, 2.24) is 0 Å². The Bertz CT molecular complexity index is 444. The average molecular weight is 280 g/mol. The molecule has 1 N–H and O–H groups in total. The molecule has 0 unspecified atom stereocenters. The summed E-state index contributed by atoms with van der Waals surface area (Å²) < 4.78 is 48.5. The number of methoxy groups -OCH3 is 1. The third kappa shape index (κ3) is 5.04. The Labute approximate surface area is 106 Å². The van der Waals surface area contributed by atoms with Gasteiger partial charge in [-0.1, -0.05) is 0 Å². The summed E-state index contributed by atoms with van der Waals surface area (Å²) in [6, 6.07) is 3.77. The zero-order valence-electron chi connectivity index (χ0n) is 9.86. The zero-order valence-corrected chi connectivity index (χ0v) is 9.86. The zero-order chi connectivity index (χ0) is 14.5. The van der Waals surface area contributed by atoms with E-state index in [1.807, 2.05) is 0 Å². The van der Waals surface area contributed by atoms with Crippen LogP contribution in [0.2, 0.25) is 0 Å². The van der Waals surface area contributed by atoms with E-state index >= 15 is 0 Å². The molecule has 0 radical (unpaired) electrons. The van der Waals surface area contributed by atoms with Crippen molar-refractivity contribution in [1.29, 1.82) is 0 Å². The fourth-order valence-corrected chi connectivity index (χ4v) is 1.23. The molecule has 0 fully saturated rings. The Morgan fingerprint density at radius 1 is 1.26 bits per heavy atom. The largest absolute Gasteiger partial charge is 0.522 e. The van der Waals surface area contributed by atoms with Crippen LogP contribution >= 0.6 is 0 Å². The maximum absolute atomic E-state index is 11.7. The molecule has 8 heteroatoms. The van der Waals surface area contributed by atoms with Gasteiger partial charge in [-0.15, -0.1) is 13.2 Å². The highest BCUT2D eigenvalue weighted by atomic mass is 19.4. The number of alkyl halides is 3. The van der Waals surface area contributed by atoms with Gasteiger partial charge < -0.3 is 14.6 Å². The Hall–Kier alpha value is -1.96. The van der Waals surface area contributed by atoms with Crippen LogP contribution in [0.3, 0.4) is 0 Å². The van der Waals surface area contributed by atoms with Crippen molar-refractivity contribution in [3.8, 4) is 11.5 Å². The van der Waals surface area contributed by atoms with Gasteiger partial charge in [-0.3, -0.25) is 4.74 Å². The molecular formula is C11H11F3O5. The van der Waals surface area contributed by atoms with Crippen molar-refractivity contribution in [2.24, 2.45) is 0 Å².